The van der Waals surface area contributed by atoms with E-state index in [4.69, 9.17) is 0 Å². The molecule has 168 valence electrons. The zero-order valence-electron chi connectivity index (χ0n) is 18.0. The number of piperidine rings is 1. The van der Waals surface area contributed by atoms with Gasteiger partial charge in [-0.15, -0.1) is 10.2 Å². The first-order valence-corrected chi connectivity index (χ1v) is 12.1. The van der Waals surface area contributed by atoms with Crippen LogP contribution < -0.4 is 0 Å². The van der Waals surface area contributed by atoms with E-state index >= 15 is 0 Å². The molecule has 8 heteroatoms. The minimum absolute atomic E-state index is 0.0301. The van der Waals surface area contributed by atoms with E-state index in [9.17, 15) is 13.6 Å². The standard InChI is InChI=1S/C24H26F2N4OS/c1-14-28-29-24(32-14)16-3-4-17-13-27-19(11-18(17)10-16)12-23(31)30-20-5-6-21(30)9-15(8-20)2-7-22(25)26/h3-4,10-11,13,15,20-22H,2,5-9,12H2,1H3/t15?,20-,21+. The summed E-state index contributed by atoms with van der Waals surface area (Å²) >= 11 is 1.56. The fourth-order valence-corrected chi connectivity index (χ4v) is 6.06. The Morgan fingerprint density at radius 3 is 2.62 bits per heavy atom. The number of hydrogen-bond donors (Lipinski definition) is 0. The number of carbonyl (C=O) groups is 1. The van der Waals surface area contributed by atoms with Crippen LogP contribution in [0.5, 0.6) is 0 Å². The Kier molecular flexibility index (Phi) is 5.88. The van der Waals surface area contributed by atoms with Crippen molar-refractivity contribution < 1.29 is 13.6 Å². The van der Waals surface area contributed by atoms with Gasteiger partial charge >= 0.3 is 0 Å². The van der Waals surface area contributed by atoms with Gasteiger partial charge in [0.25, 0.3) is 0 Å². The highest BCUT2D eigenvalue weighted by molar-refractivity contribution is 7.14. The molecular formula is C24H26F2N4OS. The molecule has 2 aromatic heterocycles. The average Bonchev–Trinajstić information content (AvgIpc) is 3.32. The molecule has 4 heterocycles. The number of hydrogen-bond acceptors (Lipinski definition) is 5. The second kappa shape index (κ2) is 8.81. The summed E-state index contributed by atoms with van der Waals surface area (Å²) in [5, 5.41) is 12.2. The van der Waals surface area contributed by atoms with Crippen LogP contribution in [-0.4, -0.2) is 44.5 Å². The molecule has 0 aliphatic carbocycles. The number of pyridine rings is 1. The molecular weight excluding hydrogens is 430 g/mol. The maximum absolute atomic E-state index is 13.2. The number of aryl methyl sites for hydroxylation is 1. The Morgan fingerprint density at radius 2 is 1.94 bits per heavy atom. The number of amides is 1. The SMILES string of the molecule is Cc1nnc(-c2ccc3cnc(CC(=O)N4[C@@H]5CC[C@H]4CC(CCC(F)F)C5)cc3c2)s1. The lowest BCUT2D eigenvalue weighted by Crippen LogP contribution is -2.47. The zero-order valence-corrected chi connectivity index (χ0v) is 18.8. The molecule has 0 spiro atoms. The molecule has 1 unspecified atom stereocenters. The zero-order chi connectivity index (χ0) is 22.2. The monoisotopic (exact) mass is 456 g/mol. The van der Waals surface area contributed by atoms with Gasteiger partial charge in [-0.3, -0.25) is 9.78 Å². The summed E-state index contributed by atoms with van der Waals surface area (Å²) in [5.41, 5.74) is 1.77. The predicted octanol–water partition coefficient (Wildman–Crippen LogP) is 5.42. The second-order valence-corrected chi connectivity index (χ2v) is 10.2. The fourth-order valence-electron chi connectivity index (χ4n) is 5.37. The average molecular weight is 457 g/mol. The number of rotatable bonds is 6. The van der Waals surface area contributed by atoms with Crippen LogP contribution in [0.3, 0.4) is 0 Å². The van der Waals surface area contributed by atoms with Gasteiger partial charge in [0.05, 0.1) is 12.1 Å². The van der Waals surface area contributed by atoms with Gasteiger partial charge in [-0.2, -0.15) is 0 Å². The van der Waals surface area contributed by atoms with Crippen LogP contribution in [0.4, 0.5) is 8.78 Å². The maximum atomic E-state index is 13.2. The fraction of sp³-hybridized carbons (Fsp3) is 0.500. The minimum Gasteiger partial charge on any atom is -0.336 e. The Morgan fingerprint density at radius 1 is 1.16 bits per heavy atom. The number of benzene rings is 1. The number of aromatic nitrogens is 3. The molecule has 2 aliphatic rings. The van der Waals surface area contributed by atoms with Crippen molar-refractivity contribution >= 4 is 28.0 Å². The molecule has 0 radical (unpaired) electrons. The summed E-state index contributed by atoms with van der Waals surface area (Å²) in [7, 11) is 0. The van der Waals surface area contributed by atoms with Gasteiger partial charge in [-0.05, 0) is 62.5 Å². The van der Waals surface area contributed by atoms with Crippen LogP contribution in [0.15, 0.2) is 30.5 Å². The highest BCUT2D eigenvalue weighted by atomic mass is 32.1. The van der Waals surface area contributed by atoms with Crippen molar-refractivity contribution in [2.45, 2.75) is 70.4 Å². The topological polar surface area (TPSA) is 59.0 Å². The first-order chi connectivity index (χ1) is 15.5. The first-order valence-electron chi connectivity index (χ1n) is 11.2. The minimum atomic E-state index is -2.23. The molecule has 0 saturated carbocycles. The van der Waals surface area contributed by atoms with Crippen molar-refractivity contribution in [3.8, 4) is 10.6 Å². The highest BCUT2D eigenvalue weighted by Crippen LogP contribution is 2.41. The number of nitrogens with zero attached hydrogens (tertiary/aromatic N) is 4. The van der Waals surface area contributed by atoms with Gasteiger partial charge in [0.15, 0.2) is 0 Å². The lowest BCUT2D eigenvalue weighted by molar-refractivity contribution is -0.135. The molecule has 1 aromatic carbocycles. The molecule has 3 aromatic rings. The Bertz CT molecular complexity index is 1120. The number of carbonyl (C=O) groups excluding carboxylic acids is 1. The number of alkyl halides is 2. The summed E-state index contributed by atoms with van der Waals surface area (Å²) in [4.78, 5) is 19.7. The van der Waals surface area contributed by atoms with Gasteiger partial charge in [0.1, 0.15) is 10.0 Å². The molecule has 5 rings (SSSR count). The van der Waals surface area contributed by atoms with Gasteiger partial charge in [0, 0.05) is 35.7 Å². The lowest BCUT2D eigenvalue weighted by Gasteiger charge is -2.39. The third-order valence-corrected chi connectivity index (χ3v) is 7.68. The van der Waals surface area contributed by atoms with Crippen LogP contribution in [-0.2, 0) is 11.2 Å². The van der Waals surface area contributed by atoms with Crippen molar-refractivity contribution in [1.29, 1.82) is 0 Å². The van der Waals surface area contributed by atoms with E-state index in [-0.39, 0.29) is 30.8 Å². The van der Waals surface area contributed by atoms with E-state index in [0.717, 1.165) is 57.7 Å². The second-order valence-electron chi connectivity index (χ2n) is 9.03. The Hall–Kier alpha value is -2.48. The van der Waals surface area contributed by atoms with Crippen molar-refractivity contribution in [1.82, 2.24) is 20.1 Å². The molecule has 2 fully saturated rings. The summed E-state index contributed by atoms with van der Waals surface area (Å²) < 4.78 is 25.2. The van der Waals surface area contributed by atoms with Crippen molar-refractivity contribution in [3.63, 3.8) is 0 Å². The van der Waals surface area contributed by atoms with E-state index in [0.29, 0.717) is 12.3 Å². The van der Waals surface area contributed by atoms with Gasteiger partial charge in [-0.25, -0.2) is 8.78 Å². The molecule has 1 amide bonds. The quantitative estimate of drug-likeness (QED) is 0.497. The smallest absolute Gasteiger partial charge is 0.238 e. The van der Waals surface area contributed by atoms with Crippen molar-refractivity contribution in [2.75, 3.05) is 0 Å². The lowest BCUT2D eigenvalue weighted by atomic mass is 9.87. The molecule has 2 bridgehead atoms. The Labute approximate surface area is 189 Å². The van der Waals surface area contributed by atoms with E-state index in [1.54, 1.807) is 11.3 Å². The van der Waals surface area contributed by atoms with Crippen molar-refractivity contribution in [2.24, 2.45) is 5.92 Å². The summed E-state index contributed by atoms with van der Waals surface area (Å²) in [5.74, 6) is 0.416. The molecule has 5 nitrogen and oxygen atoms in total. The molecule has 2 saturated heterocycles. The third kappa shape index (κ3) is 4.37. The number of halogens is 2. The largest absolute Gasteiger partial charge is 0.336 e. The van der Waals surface area contributed by atoms with Gasteiger partial charge in [0.2, 0.25) is 12.3 Å². The Balaban J connectivity index is 1.29. The van der Waals surface area contributed by atoms with Crippen LogP contribution in [0.25, 0.3) is 21.3 Å². The van der Waals surface area contributed by atoms with E-state index in [1.807, 2.05) is 36.2 Å². The molecule has 2 aliphatic heterocycles. The first kappa shape index (κ1) is 21.4. The molecule has 0 N–H and O–H groups in total. The van der Waals surface area contributed by atoms with E-state index < -0.39 is 6.43 Å². The third-order valence-electron chi connectivity index (χ3n) is 6.80. The van der Waals surface area contributed by atoms with Crippen LogP contribution in [0, 0.1) is 12.8 Å². The molecule has 32 heavy (non-hydrogen) atoms. The normalized spacial score (nSPS) is 22.8. The maximum Gasteiger partial charge on any atom is 0.238 e. The van der Waals surface area contributed by atoms with Crippen LogP contribution >= 0.6 is 11.3 Å². The summed E-state index contributed by atoms with van der Waals surface area (Å²) in [6, 6.07) is 8.48. The highest BCUT2D eigenvalue weighted by Gasteiger charge is 2.42. The van der Waals surface area contributed by atoms with Gasteiger partial charge in [-0.1, -0.05) is 23.5 Å². The summed E-state index contributed by atoms with van der Waals surface area (Å²) in [6.07, 6.45) is 4.06. The number of fused-ring (bicyclic) bond motifs is 3. The van der Waals surface area contributed by atoms with E-state index in [1.165, 1.54) is 0 Å². The molecule has 3 atom stereocenters. The van der Waals surface area contributed by atoms with Crippen LogP contribution in [0.2, 0.25) is 0 Å². The summed E-state index contributed by atoms with van der Waals surface area (Å²) in [6.45, 7) is 1.94. The van der Waals surface area contributed by atoms with Crippen LogP contribution in [0.1, 0.15) is 49.2 Å². The predicted molar refractivity (Wildman–Crippen MR) is 121 cm³/mol. The van der Waals surface area contributed by atoms with E-state index in [2.05, 4.69) is 21.2 Å². The van der Waals surface area contributed by atoms with Crippen molar-refractivity contribution in [3.05, 3.63) is 41.2 Å². The van der Waals surface area contributed by atoms with Gasteiger partial charge < -0.3 is 4.90 Å².